The van der Waals surface area contributed by atoms with Gasteiger partial charge in [0.1, 0.15) is 5.00 Å². The van der Waals surface area contributed by atoms with Crippen LogP contribution in [0.15, 0.2) is 12.4 Å². The lowest BCUT2D eigenvalue weighted by atomic mass is 10.1. The zero-order valence-electron chi connectivity index (χ0n) is 13.7. The minimum absolute atomic E-state index is 0.354. The summed E-state index contributed by atoms with van der Waals surface area (Å²) >= 11 is 12.6. The van der Waals surface area contributed by atoms with Gasteiger partial charge in [-0.15, -0.1) is 11.3 Å². The zero-order chi connectivity index (χ0) is 17.7. The average Bonchev–Trinajstić information content (AvgIpc) is 3.09. The van der Waals surface area contributed by atoms with E-state index in [4.69, 9.17) is 28.6 Å². The van der Waals surface area contributed by atoms with Gasteiger partial charge in [-0.3, -0.25) is 4.68 Å². The highest BCUT2D eigenvalue weighted by atomic mass is 35.5. The predicted octanol–water partition coefficient (Wildman–Crippen LogP) is 3.24. The van der Waals surface area contributed by atoms with Gasteiger partial charge < -0.3 is 15.4 Å². The van der Waals surface area contributed by atoms with E-state index in [-0.39, 0.29) is 5.97 Å². The fourth-order valence-electron chi connectivity index (χ4n) is 2.30. The van der Waals surface area contributed by atoms with E-state index < -0.39 is 0 Å². The van der Waals surface area contributed by atoms with Crippen molar-refractivity contribution in [1.82, 2.24) is 15.1 Å². The highest BCUT2D eigenvalue weighted by molar-refractivity contribution is 7.80. The molecule has 0 aliphatic rings. The lowest BCUT2D eigenvalue weighted by Gasteiger charge is -2.11. The Hall–Kier alpha value is -1.64. The van der Waals surface area contributed by atoms with Crippen molar-refractivity contribution in [3.63, 3.8) is 0 Å². The molecule has 0 radical (unpaired) electrons. The van der Waals surface area contributed by atoms with Gasteiger partial charge in [0.25, 0.3) is 0 Å². The number of anilines is 1. The molecular weight excluding hydrogens is 368 g/mol. The van der Waals surface area contributed by atoms with E-state index in [0.717, 1.165) is 16.9 Å². The normalized spacial score (nSPS) is 10.5. The number of nitrogens with one attached hydrogen (secondary N) is 2. The number of aromatic nitrogens is 2. The Balaban J connectivity index is 1.99. The molecular formula is C15H19ClN4O2S2. The first kappa shape index (κ1) is 18.7. The highest BCUT2D eigenvalue weighted by Gasteiger charge is 2.22. The van der Waals surface area contributed by atoms with Gasteiger partial charge in [-0.1, -0.05) is 18.5 Å². The molecule has 2 aromatic heterocycles. The zero-order valence-corrected chi connectivity index (χ0v) is 16.1. The van der Waals surface area contributed by atoms with E-state index in [1.165, 1.54) is 18.4 Å². The van der Waals surface area contributed by atoms with Gasteiger partial charge in [-0.25, -0.2) is 4.79 Å². The van der Waals surface area contributed by atoms with E-state index in [9.17, 15) is 4.79 Å². The summed E-state index contributed by atoms with van der Waals surface area (Å²) in [5, 5.41) is 12.0. The van der Waals surface area contributed by atoms with E-state index in [2.05, 4.69) is 15.7 Å². The fourth-order valence-corrected chi connectivity index (χ4v) is 3.86. The molecule has 0 unspecified atom stereocenters. The van der Waals surface area contributed by atoms with Gasteiger partial charge in [-0.2, -0.15) is 5.10 Å². The summed E-state index contributed by atoms with van der Waals surface area (Å²) in [4.78, 5) is 13.1. The van der Waals surface area contributed by atoms with Crippen molar-refractivity contribution < 1.29 is 9.53 Å². The molecule has 0 aliphatic carbocycles. The van der Waals surface area contributed by atoms with E-state index >= 15 is 0 Å². The van der Waals surface area contributed by atoms with E-state index in [1.807, 2.05) is 13.8 Å². The molecule has 2 rings (SSSR count). The Labute approximate surface area is 155 Å². The van der Waals surface area contributed by atoms with Gasteiger partial charge in [-0.05, 0) is 31.1 Å². The first-order chi connectivity index (χ1) is 11.5. The summed E-state index contributed by atoms with van der Waals surface area (Å²) in [6, 6.07) is 0. The third kappa shape index (κ3) is 4.46. The Morgan fingerprint density at radius 1 is 1.54 bits per heavy atom. The topological polar surface area (TPSA) is 68.2 Å². The second kappa shape index (κ2) is 8.46. The van der Waals surface area contributed by atoms with Crippen LogP contribution in [0.2, 0.25) is 5.02 Å². The molecule has 6 nitrogen and oxygen atoms in total. The summed E-state index contributed by atoms with van der Waals surface area (Å²) in [5.74, 6) is -0.354. The van der Waals surface area contributed by atoms with Crippen LogP contribution in [0.3, 0.4) is 0 Å². The molecule has 0 aliphatic heterocycles. The maximum atomic E-state index is 12.1. The number of thiocarbonyl (C=S) groups is 1. The number of hydrogen-bond donors (Lipinski definition) is 2. The minimum atomic E-state index is -0.354. The van der Waals surface area contributed by atoms with Crippen molar-refractivity contribution >= 4 is 51.2 Å². The second-order valence-corrected chi connectivity index (χ2v) is 7.06. The molecule has 2 N–H and O–H groups in total. The molecule has 0 saturated carbocycles. The highest BCUT2D eigenvalue weighted by Crippen LogP contribution is 2.33. The number of thiophene rings is 1. The maximum Gasteiger partial charge on any atom is 0.341 e. The van der Waals surface area contributed by atoms with Crippen LogP contribution in [0, 0.1) is 6.92 Å². The maximum absolute atomic E-state index is 12.1. The SMILES string of the molecule is CCc1c(C)sc(NC(=S)NCCn2cc(Cl)cn2)c1C(=O)OC. The molecule has 0 atom stereocenters. The van der Waals surface area contributed by atoms with Crippen LogP contribution in [0.5, 0.6) is 0 Å². The Morgan fingerprint density at radius 3 is 2.88 bits per heavy atom. The first-order valence-electron chi connectivity index (χ1n) is 7.39. The average molecular weight is 387 g/mol. The van der Waals surface area contributed by atoms with Crippen LogP contribution in [0.25, 0.3) is 0 Å². The van der Waals surface area contributed by atoms with Gasteiger partial charge in [0.05, 0.1) is 30.4 Å². The van der Waals surface area contributed by atoms with Crippen LogP contribution >= 0.6 is 35.2 Å². The van der Waals surface area contributed by atoms with Gasteiger partial charge in [0.2, 0.25) is 0 Å². The Morgan fingerprint density at radius 2 is 2.29 bits per heavy atom. The van der Waals surface area contributed by atoms with Crippen LogP contribution in [0.1, 0.15) is 27.7 Å². The summed E-state index contributed by atoms with van der Waals surface area (Å²) < 4.78 is 6.62. The number of nitrogens with zero attached hydrogens (tertiary/aromatic N) is 2. The molecule has 130 valence electrons. The van der Waals surface area contributed by atoms with Gasteiger partial charge in [0, 0.05) is 17.6 Å². The molecule has 24 heavy (non-hydrogen) atoms. The number of aryl methyl sites for hydroxylation is 1. The first-order valence-corrected chi connectivity index (χ1v) is 8.99. The fraction of sp³-hybridized carbons (Fsp3) is 0.400. The minimum Gasteiger partial charge on any atom is -0.465 e. The number of hydrogen-bond acceptors (Lipinski definition) is 5. The number of carbonyl (C=O) groups excluding carboxylic acids is 1. The molecule has 0 amide bonds. The van der Waals surface area contributed by atoms with Crippen LogP contribution in [-0.2, 0) is 17.7 Å². The van der Waals surface area contributed by atoms with Crippen molar-refractivity contribution in [1.29, 1.82) is 0 Å². The Kier molecular flexibility index (Phi) is 6.59. The van der Waals surface area contributed by atoms with Crippen molar-refractivity contribution in [3.8, 4) is 0 Å². The lowest BCUT2D eigenvalue weighted by molar-refractivity contribution is 0.0601. The summed E-state index contributed by atoms with van der Waals surface area (Å²) in [6.07, 6.45) is 4.08. The van der Waals surface area contributed by atoms with Crippen LogP contribution in [0.4, 0.5) is 5.00 Å². The number of rotatable bonds is 6. The van der Waals surface area contributed by atoms with Crippen molar-refractivity contribution in [3.05, 3.63) is 33.4 Å². The summed E-state index contributed by atoms with van der Waals surface area (Å²) in [6.45, 7) is 5.21. The molecule has 0 fully saturated rings. The van der Waals surface area contributed by atoms with Gasteiger partial charge >= 0.3 is 5.97 Å². The smallest absolute Gasteiger partial charge is 0.341 e. The van der Waals surface area contributed by atoms with Crippen molar-refractivity contribution in [2.45, 2.75) is 26.8 Å². The lowest BCUT2D eigenvalue weighted by Crippen LogP contribution is -2.31. The van der Waals surface area contributed by atoms with Crippen LogP contribution in [-0.4, -0.2) is 34.5 Å². The molecule has 0 bridgehead atoms. The van der Waals surface area contributed by atoms with Gasteiger partial charge in [0.15, 0.2) is 5.11 Å². The number of methoxy groups -OCH3 is 1. The molecule has 2 heterocycles. The Bertz CT molecular complexity index is 742. The number of esters is 1. The quantitative estimate of drug-likeness (QED) is 0.586. The summed E-state index contributed by atoms with van der Waals surface area (Å²) in [5.41, 5.74) is 1.55. The monoisotopic (exact) mass is 386 g/mol. The third-order valence-corrected chi connectivity index (χ3v) is 4.91. The molecule has 9 heteroatoms. The van der Waals surface area contributed by atoms with E-state index in [0.29, 0.717) is 33.8 Å². The number of halogens is 1. The number of carbonyl (C=O) groups is 1. The molecule has 0 aromatic carbocycles. The second-order valence-electron chi connectivity index (χ2n) is 4.99. The standard InChI is InChI=1S/C15H19ClN4O2S2/c1-4-11-9(2)24-13(12(11)14(21)22-3)19-15(23)17-5-6-20-8-10(16)7-18-20/h7-8H,4-6H2,1-3H3,(H2,17,19,23). The molecule has 2 aromatic rings. The van der Waals surface area contributed by atoms with Crippen LogP contribution < -0.4 is 10.6 Å². The number of ether oxygens (including phenoxy) is 1. The largest absolute Gasteiger partial charge is 0.465 e. The molecule has 0 spiro atoms. The summed E-state index contributed by atoms with van der Waals surface area (Å²) in [7, 11) is 1.38. The third-order valence-electron chi connectivity index (χ3n) is 3.41. The predicted molar refractivity (Wildman–Crippen MR) is 101 cm³/mol. The van der Waals surface area contributed by atoms with Crippen molar-refractivity contribution in [2.24, 2.45) is 0 Å². The van der Waals surface area contributed by atoms with E-state index in [1.54, 1.807) is 17.1 Å². The van der Waals surface area contributed by atoms with Crippen molar-refractivity contribution in [2.75, 3.05) is 19.0 Å². The molecule has 0 saturated heterocycles.